The van der Waals surface area contributed by atoms with Crippen molar-refractivity contribution in [3.8, 4) is 5.88 Å². The molecule has 0 aliphatic heterocycles. The lowest BCUT2D eigenvalue weighted by Gasteiger charge is -2.09. The van der Waals surface area contributed by atoms with Crippen LogP contribution < -0.4 is 10.1 Å². The maximum Gasteiger partial charge on any atom is 0.232 e. The molecule has 0 unspecified atom stereocenters. The Morgan fingerprint density at radius 1 is 1.24 bits per heavy atom. The molecule has 0 saturated heterocycles. The van der Waals surface area contributed by atoms with Gasteiger partial charge in [0.15, 0.2) is 0 Å². The smallest absolute Gasteiger partial charge is 0.232 e. The van der Waals surface area contributed by atoms with Crippen LogP contribution in [0, 0.1) is 0 Å². The van der Waals surface area contributed by atoms with Gasteiger partial charge in [-0.15, -0.1) is 0 Å². The first-order chi connectivity index (χ1) is 8.25. The number of benzene rings is 1. The Morgan fingerprint density at radius 3 is 2.76 bits per heavy atom. The topological polar surface area (TPSA) is 47.0 Å². The first-order valence-corrected chi connectivity index (χ1v) is 5.83. The highest BCUT2D eigenvalue weighted by atomic mass is 16.5. The lowest BCUT2D eigenvalue weighted by molar-refractivity contribution is 0.298. The van der Waals surface area contributed by atoms with E-state index in [0.717, 1.165) is 17.6 Å². The van der Waals surface area contributed by atoms with E-state index >= 15 is 0 Å². The summed E-state index contributed by atoms with van der Waals surface area (Å²) in [5.74, 6) is 0.578. The van der Waals surface area contributed by atoms with Crippen LogP contribution in [0.2, 0.25) is 0 Å². The van der Waals surface area contributed by atoms with Crippen LogP contribution >= 0.6 is 0 Å². The molecule has 1 aromatic carbocycles. The summed E-state index contributed by atoms with van der Waals surface area (Å²) in [4.78, 5) is 8.67. The minimum absolute atomic E-state index is 0.473. The third kappa shape index (κ3) is 3.39. The molecule has 0 amide bonds. The maximum absolute atomic E-state index is 5.53. The Labute approximate surface area is 101 Å². The number of rotatable bonds is 5. The molecule has 1 heterocycles. The molecule has 0 aliphatic carbocycles. The van der Waals surface area contributed by atoms with Gasteiger partial charge in [-0.25, -0.2) is 9.97 Å². The van der Waals surface area contributed by atoms with Crippen LogP contribution in [0.3, 0.4) is 0 Å². The molecule has 4 heteroatoms. The Morgan fingerprint density at radius 2 is 2.00 bits per heavy atom. The molecular weight excluding hydrogens is 214 g/mol. The Kier molecular flexibility index (Phi) is 3.88. The summed E-state index contributed by atoms with van der Waals surface area (Å²) < 4.78 is 5.53. The highest BCUT2D eigenvalue weighted by molar-refractivity contribution is 5.73. The molecule has 0 atom stereocenters. The number of fused-ring (bicyclic) bond motifs is 1. The fraction of sp³-hybridized carbons (Fsp3) is 0.385. The number of aromatic nitrogens is 2. The molecule has 0 saturated carbocycles. The standard InChI is InChI=1S/C13H17N3O/c1-10(2)14-7-8-17-13-9-15-11-5-3-4-6-12(11)16-13/h3-6,9-10,14H,7-8H2,1-2H3. The van der Waals surface area contributed by atoms with E-state index in [-0.39, 0.29) is 0 Å². The van der Waals surface area contributed by atoms with Crippen LogP contribution in [0.4, 0.5) is 0 Å². The Bertz CT molecular complexity index is 485. The van der Waals surface area contributed by atoms with Crippen molar-refractivity contribution in [2.24, 2.45) is 0 Å². The fourth-order valence-electron chi connectivity index (χ4n) is 1.51. The predicted molar refractivity (Wildman–Crippen MR) is 68.2 cm³/mol. The molecule has 4 nitrogen and oxygen atoms in total. The molecule has 1 N–H and O–H groups in total. The van der Waals surface area contributed by atoms with Crippen LogP contribution in [-0.2, 0) is 0 Å². The van der Waals surface area contributed by atoms with Crippen LogP contribution in [-0.4, -0.2) is 29.2 Å². The second-order valence-electron chi connectivity index (χ2n) is 4.15. The van der Waals surface area contributed by atoms with Crippen molar-refractivity contribution in [1.29, 1.82) is 0 Å². The third-order valence-electron chi connectivity index (χ3n) is 2.33. The molecule has 0 radical (unpaired) electrons. The lowest BCUT2D eigenvalue weighted by atomic mass is 10.3. The summed E-state index contributed by atoms with van der Waals surface area (Å²) in [6.07, 6.45) is 1.66. The maximum atomic E-state index is 5.53. The minimum Gasteiger partial charge on any atom is -0.475 e. The van der Waals surface area contributed by atoms with Gasteiger partial charge >= 0.3 is 0 Å². The van der Waals surface area contributed by atoms with Gasteiger partial charge in [0.1, 0.15) is 6.61 Å². The van der Waals surface area contributed by atoms with Crippen LogP contribution in [0.5, 0.6) is 5.88 Å². The summed E-state index contributed by atoms with van der Waals surface area (Å²) in [6, 6.07) is 8.24. The van der Waals surface area contributed by atoms with E-state index in [1.807, 2.05) is 24.3 Å². The zero-order valence-electron chi connectivity index (χ0n) is 10.2. The average Bonchev–Trinajstić information content (AvgIpc) is 2.34. The Hall–Kier alpha value is -1.68. The van der Waals surface area contributed by atoms with Crippen molar-refractivity contribution >= 4 is 11.0 Å². The molecule has 0 bridgehead atoms. The zero-order valence-corrected chi connectivity index (χ0v) is 10.2. The van der Waals surface area contributed by atoms with E-state index in [4.69, 9.17) is 4.74 Å². The molecule has 2 aromatic rings. The second kappa shape index (κ2) is 5.59. The molecule has 1 aromatic heterocycles. The van der Waals surface area contributed by atoms with Gasteiger partial charge in [0.25, 0.3) is 0 Å². The number of para-hydroxylation sites is 2. The molecule has 0 aliphatic rings. The summed E-state index contributed by atoms with van der Waals surface area (Å²) in [6.45, 7) is 5.63. The van der Waals surface area contributed by atoms with Crippen molar-refractivity contribution in [3.63, 3.8) is 0 Å². The summed E-state index contributed by atoms with van der Waals surface area (Å²) in [5, 5.41) is 3.28. The van der Waals surface area contributed by atoms with Crippen molar-refractivity contribution in [3.05, 3.63) is 30.5 Å². The van der Waals surface area contributed by atoms with Crippen LogP contribution in [0.25, 0.3) is 11.0 Å². The van der Waals surface area contributed by atoms with Gasteiger partial charge in [0.05, 0.1) is 17.2 Å². The Balaban J connectivity index is 1.95. The number of nitrogens with one attached hydrogen (secondary N) is 1. The summed E-state index contributed by atoms with van der Waals surface area (Å²) >= 11 is 0. The number of nitrogens with zero attached hydrogens (tertiary/aromatic N) is 2. The monoisotopic (exact) mass is 231 g/mol. The van der Waals surface area contributed by atoms with Gasteiger partial charge in [0, 0.05) is 12.6 Å². The van der Waals surface area contributed by atoms with Crippen molar-refractivity contribution < 1.29 is 4.74 Å². The largest absolute Gasteiger partial charge is 0.475 e. The predicted octanol–water partition coefficient (Wildman–Crippen LogP) is 2.01. The van der Waals surface area contributed by atoms with E-state index < -0.39 is 0 Å². The molecule has 17 heavy (non-hydrogen) atoms. The van der Waals surface area contributed by atoms with Gasteiger partial charge in [-0.2, -0.15) is 0 Å². The summed E-state index contributed by atoms with van der Waals surface area (Å²) in [5.41, 5.74) is 1.75. The van der Waals surface area contributed by atoms with Gasteiger partial charge < -0.3 is 10.1 Å². The van der Waals surface area contributed by atoms with Crippen molar-refractivity contribution in [2.75, 3.05) is 13.2 Å². The average molecular weight is 231 g/mol. The molecule has 2 rings (SSSR count). The van der Waals surface area contributed by atoms with Gasteiger partial charge in [-0.05, 0) is 12.1 Å². The lowest BCUT2D eigenvalue weighted by Crippen LogP contribution is -2.27. The van der Waals surface area contributed by atoms with Crippen molar-refractivity contribution in [2.45, 2.75) is 19.9 Å². The van der Waals surface area contributed by atoms with Crippen molar-refractivity contribution in [1.82, 2.24) is 15.3 Å². The van der Waals surface area contributed by atoms with Crippen LogP contribution in [0.1, 0.15) is 13.8 Å². The quantitative estimate of drug-likeness (QED) is 0.800. The van der Waals surface area contributed by atoms with E-state index in [9.17, 15) is 0 Å². The van der Waals surface area contributed by atoms with E-state index in [0.29, 0.717) is 18.5 Å². The third-order valence-corrected chi connectivity index (χ3v) is 2.33. The highest BCUT2D eigenvalue weighted by Crippen LogP contribution is 2.12. The number of hydrogen-bond acceptors (Lipinski definition) is 4. The molecule has 90 valence electrons. The first-order valence-electron chi connectivity index (χ1n) is 5.83. The zero-order chi connectivity index (χ0) is 12.1. The highest BCUT2D eigenvalue weighted by Gasteiger charge is 1.99. The fourth-order valence-corrected chi connectivity index (χ4v) is 1.51. The molecular formula is C13H17N3O. The number of hydrogen-bond donors (Lipinski definition) is 1. The minimum atomic E-state index is 0.473. The normalized spacial score (nSPS) is 11.0. The second-order valence-corrected chi connectivity index (χ2v) is 4.15. The van der Waals surface area contributed by atoms with E-state index in [1.165, 1.54) is 0 Å². The summed E-state index contributed by atoms with van der Waals surface area (Å²) in [7, 11) is 0. The van der Waals surface area contributed by atoms with Gasteiger partial charge in [-0.1, -0.05) is 26.0 Å². The number of ether oxygens (including phenoxy) is 1. The SMILES string of the molecule is CC(C)NCCOc1cnc2ccccc2n1. The van der Waals surface area contributed by atoms with E-state index in [2.05, 4.69) is 29.1 Å². The molecule has 0 spiro atoms. The first kappa shape index (κ1) is 11.8. The molecule has 0 fully saturated rings. The van der Waals surface area contributed by atoms with Crippen LogP contribution in [0.15, 0.2) is 30.5 Å². The van der Waals surface area contributed by atoms with Gasteiger partial charge in [0.2, 0.25) is 5.88 Å². The van der Waals surface area contributed by atoms with Gasteiger partial charge in [-0.3, -0.25) is 0 Å². The van der Waals surface area contributed by atoms with E-state index in [1.54, 1.807) is 6.20 Å².